The van der Waals surface area contributed by atoms with E-state index >= 15 is 0 Å². The molecule has 1 aromatic heterocycles. The number of benzene rings is 1. The second kappa shape index (κ2) is 5.09. The molecule has 0 radical (unpaired) electrons. The second-order valence-electron chi connectivity index (χ2n) is 5.77. The van der Waals surface area contributed by atoms with E-state index in [1.54, 1.807) is 18.1 Å². The molecule has 4 rings (SSSR count). The van der Waals surface area contributed by atoms with Crippen LogP contribution in [0.2, 0.25) is 0 Å². The summed E-state index contributed by atoms with van der Waals surface area (Å²) in [6.07, 6.45) is 4.35. The number of halogens is 1. The molecule has 2 N–H and O–H groups in total. The average Bonchev–Trinajstić information content (AvgIpc) is 3.06. The van der Waals surface area contributed by atoms with Crippen LogP contribution >= 0.6 is 15.9 Å². The fourth-order valence-electron chi connectivity index (χ4n) is 3.09. The van der Waals surface area contributed by atoms with E-state index in [4.69, 9.17) is 0 Å². The Kier molecular flexibility index (Phi) is 3.16. The lowest BCUT2D eigenvalue weighted by molar-refractivity contribution is -0.110. The molecule has 0 atom stereocenters. The van der Waals surface area contributed by atoms with Crippen molar-refractivity contribution in [3.8, 4) is 0 Å². The zero-order valence-electron chi connectivity index (χ0n) is 12.4. The van der Waals surface area contributed by atoms with E-state index in [1.807, 2.05) is 24.3 Å². The highest BCUT2D eigenvalue weighted by atomic mass is 79.9. The van der Waals surface area contributed by atoms with Crippen LogP contribution in [0.5, 0.6) is 0 Å². The van der Waals surface area contributed by atoms with Gasteiger partial charge in [-0.1, -0.05) is 15.9 Å². The van der Waals surface area contributed by atoms with Crippen molar-refractivity contribution in [2.75, 3.05) is 18.9 Å². The fourth-order valence-corrected chi connectivity index (χ4v) is 3.45. The first-order chi connectivity index (χ1) is 11.0. The average molecular weight is 372 g/mol. The number of nitrogens with zero attached hydrogens (tertiary/aromatic N) is 1. The van der Waals surface area contributed by atoms with Crippen LogP contribution in [0.1, 0.15) is 27.2 Å². The summed E-state index contributed by atoms with van der Waals surface area (Å²) in [6, 6.07) is 5.70. The summed E-state index contributed by atoms with van der Waals surface area (Å²) in [6.45, 7) is 0.689. The summed E-state index contributed by atoms with van der Waals surface area (Å²) in [5, 5.41) is 2.87. The normalized spacial score (nSPS) is 18.2. The van der Waals surface area contributed by atoms with Crippen molar-refractivity contribution >= 4 is 45.1 Å². The minimum atomic E-state index is -0.124. The number of rotatable bonds is 1. The number of aromatic amines is 1. The molecule has 116 valence electrons. The van der Waals surface area contributed by atoms with E-state index in [2.05, 4.69) is 26.2 Å². The van der Waals surface area contributed by atoms with Gasteiger partial charge in [-0.25, -0.2) is 0 Å². The highest BCUT2D eigenvalue weighted by Gasteiger charge is 2.28. The number of aromatic nitrogens is 1. The Morgan fingerprint density at radius 2 is 2.09 bits per heavy atom. The van der Waals surface area contributed by atoms with Crippen molar-refractivity contribution in [3.05, 3.63) is 51.3 Å². The molecule has 5 nitrogen and oxygen atoms in total. The van der Waals surface area contributed by atoms with E-state index in [9.17, 15) is 9.59 Å². The van der Waals surface area contributed by atoms with Crippen LogP contribution in [0.25, 0.3) is 11.6 Å². The van der Waals surface area contributed by atoms with Crippen molar-refractivity contribution < 1.29 is 9.59 Å². The van der Waals surface area contributed by atoms with Crippen molar-refractivity contribution in [2.45, 2.75) is 6.42 Å². The summed E-state index contributed by atoms with van der Waals surface area (Å²) in [5.41, 5.74) is 4.79. The summed E-state index contributed by atoms with van der Waals surface area (Å²) in [4.78, 5) is 29.3. The number of likely N-dealkylation sites (N-methyl/N-ethyl adjacent to an activating group) is 1. The second-order valence-corrected chi connectivity index (χ2v) is 6.69. The molecular weight excluding hydrogens is 358 g/mol. The molecule has 0 fully saturated rings. The highest BCUT2D eigenvalue weighted by molar-refractivity contribution is 9.10. The Bertz CT molecular complexity index is 882. The van der Waals surface area contributed by atoms with Crippen LogP contribution < -0.4 is 5.32 Å². The van der Waals surface area contributed by atoms with Crippen LogP contribution in [0.15, 0.2) is 28.9 Å². The first kappa shape index (κ1) is 14.3. The predicted molar refractivity (Wildman–Crippen MR) is 92.1 cm³/mol. The molecule has 23 heavy (non-hydrogen) atoms. The smallest absolute Gasteiger partial charge is 0.256 e. The van der Waals surface area contributed by atoms with Gasteiger partial charge in [0.05, 0.1) is 11.1 Å². The Morgan fingerprint density at radius 3 is 2.91 bits per heavy atom. The monoisotopic (exact) mass is 371 g/mol. The predicted octanol–water partition coefficient (Wildman–Crippen LogP) is 2.90. The molecule has 0 aliphatic carbocycles. The number of anilines is 1. The molecule has 0 saturated carbocycles. The van der Waals surface area contributed by atoms with Gasteiger partial charge in [-0.05, 0) is 36.3 Å². The zero-order chi connectivity index (χ0) is 16.1. The molecule has 0 saturated heterocycles. The Hall–Kier alpha value is -2.34. The Balaban J connectivity index is 1.81. The lowest BCUT2D eigenvalue weighted by atomic mass is 9.99. The lowest BCUT2D eigenvalue weighted by Crippen LogP contribution is -2.33. The first-order valence-corrected chi connectivity index (χ1v) is 8.12. The number of fused-ring (bicyclic) bond motifs is 2. The number of hydrogen-bond acceptors (Lipinski definition) is 2. The maximum absolute atomic E-state index is 12.3. The SMILES string of the molecule is CN1CCc2c(c[nH]c2/C=C2\C(=O)Nc3ccc(Br)cc32)C1=O. The van der Waals surface area contributed by atoms with Crippen LogP contribution in [-0.2, 0) is 11.2 Å². The van der Waals surface area contributed by atoms with Gasteiger partial charge in [0, 0.05) is 41.2 Å². The van der Waals surface area contributed by atoms with Crippen molar-refractivity contribution in [1.29, 1.82) is 0 Å². The van der Waals surface area contributed by atoms with E-state index in [1.165, 1.54) is 0 Å². The number of carbonyl (C=O) groups is 2. The van der Waals surface area contributed by atoms with Crippen molar-refractivity contribution in [3.63, 3.8) is 0 Å². The van der Waals surface area contributed by atoms with Gasteiger partial charge in [-0.3, -0.25) is 9.59 Å². The number of H-pyrrole nitrogens is 1. The molecule has 2 aromatic rings. The van der Waals surface area contributed by atoms with E-state index in [0.717, 1.165) is 33.4 Å². The number of nitrogens with one attached hydrogen (secondary N) is 2. The van der Waals surface area contributed by atoms with Crippen molar-refractivity contribution in [1.82, 2.24) is 9.88 Å². The summed E-state index contributed by atoms with van der Waals surface area (Å²) in [5.74, 6) is -0.105. The van der Waals surface area contributed by atoms with Gasteiger partial charge in [0.2, 0.25) is 0 Å². The van der Waals surface area contributed by atoms with Gasteiger partial charge in [-0.2, -0.15) is 0 Å². The van der Waals surface area contributed by atoms with Crippen molar-refractivity contribution in [2.24, 2.45) is 0 Å². The van der Waals surface area contributed by atoms with Crippen LogP contribution in [0.4, 0.5) is 5.69 Å². The third-order valence-corrected chi connectivity index (χ3v) is 4.84. The Morgan fingerprint density at radius 1 is 1.26 bits per heavy atom. The molecule has 0 bridgehead atoms. The summed E-state index contributed by atoms with van der Waals surface area (Å²) in [7, 11) is 1.80. The number of carbonyl (C=O) groups excluding carboxylic acids is 2. The molecule has 2 aliphatic heterocycles. The lowest BCUT2D eigenvalue weighted by Gasteiger charge is -2.22. The van der Waals surface area contributed by atoms with E-state index < -0.39 is 0 Å². The number of hydrogen-bond donors (Lipinski definition) is 2. The zero-order valence-corrected chi connectivity index (χ0v) is 14.0. The van der Waals surface area contributed by atoms with Gasteiger partial charge >= 0.3 is 0 Å². The van der Waals surface area contributed by atoms with Crippen LogP contribution in [0.3, 0.4) is 0 Å². The maximum atomic E-state index is 12.3. The molecule has 3 heterocycles. The molecule has 2 aliphatic rings. The van der Waals surface area contributed by atoms with Gasteiger partial charge in [0.25, 0.3) is 11.8 Å². The van der Waals surface area contributed by atoms with E-state index in [0.29, 0.717) is 17.7 Å². The minimum absolute atomic E-state index is 0.0196. The van der Waals surface area contributed by atoms with Gasteiger partial charge in [0.1, 0.15) is 0 Å². The molecule has 6 heteroatoms. The van der Waals surface area contributed by atoms with Gasteiger partial charge < -0.3 is 15.2 Å². The molecule has 1 aromatic carbocycles. The summed E-state index contributed by atoms with van der Waals surface area (Å²) >= 11 is 3.44. The summed E-state index contributed by atoms with van der Waals surface area (Å²) < 4.78 is 0.920. The molecule has 2 amide bonds. The largest absolute Gasteiger partial charge is 0.361 e. The van der Waals surface area contributed by atoms with Gasteiger partial charge in [0.15, 0.2) is 0 Å². The van der Waals surface area contributed by atoms with Gasteiger partial charge in [-0.15, -0.1) is 0 Å². The standard InChI is InChI=1S/C17H14BrN3O2/c1-21-5-4-10-13(17(21)23)8-19-15(10)7-12-11-6-9(18)2-3-14(11)20-16(12)22/h2-3,6-8,19H,4-5H2,1H3,(H,20,22)/b12-7-. The Labute approximate surface area is 141 Å². The quantitative estimate of drug-likeness (QED) is 0.756. The molecule has 0 spiro atoms. The third kappa shape index (κ3) is 2.21. The number of amides is 2. The molecular formula is C17H14BrN3O2. The third-order valence-electron chi connectivity index (χ3n) is 4.35. The first-order valence-electron chi connectivity index (χ1n) is 7.33. The van der Waals surface area contributed by atoms with Crippen LogP contribution in [-0.4, -0.2) is 35.3 Å². The van der Waals surface area contributed by atoms with E-state index in [-0.39, 0.29) is 11.8 Å². The van der Waals surface area contributed by atoms with Crippen LogP contribution in [0, 0.1) is 0 Å². The fraction of sp³-hybridized carbons (Fsp3) is 0.176. The minimum Gasteiger partial charge on any atom is -0.361 e. The highest BCUT2D eigenvalue weighted by Crippen LogP contribution is 2.35. The maximum Gasteiger partial charge on any atom is 0.256 e. The topological polar surface area (TPSA) is 65.2 Å². The molecule has 0 unspecified atom stereocenters.